The second kappa shape index (κ2) is 9.77. The fourth-order valence-corrected chi connectivity index (χ4v) is 3.11. The summed E-state index contributed by atoms with van der Waals surface area (Å²) in [5.74, 6) is 0.624. The third-order valence-corrected chi connectivity index (χ3v) is 4.67. The number of piperidine rings is 1. The van der Waals surface area contributed by atoms with E-state index in [2.05, 4.69) is 10.1 Å². The number of amides is 1. The number of benzene rings is 1. The SMILES string of the molecule is COC(CN)CC(=O)N1CCCC(c2nc(-c3ccc(F)cc3)no2)C1.Cl. The molecule has 0 spiro atoms. The third-order valence-electron chi connectivity index (χ3n) is 4.67. The molecule has 0 radical (unpaired) electrons. The number of aromatic nitrogens is 2. The fourth-order valence-electron chi connectivity index (χ4n) is 3.11. The largest absolute Gasteiger partial charge is 0.380 e. The number of carbonyl (C=O) groups is 1. The molecule has 3 rings (SSSR count). The van der Waals surface area contributed by atoms with E-state index in [1.807, 2.05) is 0 Å². The van der Waals surface area contributed by atoms with Crippen molar-refractivity contribution < 1.29 is 18.4 Å². The van der Waals surface area contributed by atoms with Crippen molar-refractivity contribution in [2.24, 2.45) is 5.73 Å². The maximum absolute atomic E-state index is 13.0. The Balaban J connectivity index is 0.00000261. The molecule has 7 nitrogen and oxygen atoms in total. The number of ether oxygens (including phenoxy) is 1. The first-order chi connectivity index (χ1) is 12.6. The number of nitrogens with two attached hydrogens (primary N) is 1. The van der Waals surface area contributed by atoms with Crippen LogP contribution in [0.25, 0.3) is 11.4 Å². The Morgan fingerprint density at radius 2 is 2.19 bits per heavy atom. The Morgan fingerprint density at radius 1 is 1.44 bits per heavy atom. The molecule has 0 aliphatic carbocycles. The fraction of sp³-hybridized carbons (Fsp3) is 0.500. The van der Waals surface area contributed by atoms with Gasteiger partial charge in [0.05, 0.1) is 18.4 Å². The molecule has 1 fully saturated rings. The summed E-state index contributed by atoms with van der Waals surface area (Å²) in [7, 11) is 1.55. The van der Waals surface area contributed by atoms with Crippen LogP contribution in [0.3, 0.4) is 0 Å². The van der Waals surface area contributed by atoms with Gasteiger partial charge in [0.15, 0.2) is 0 Å². The van der Waals surface area contributed by atoms with Gasteiger partial charge in [-0.15, -0.1) is 12.4 Å². The van der Waals surface area contributed by atoms with Crippen molar-refractivity contribution in [3.63, 3.8) is 0 Å². The van der Waals surface area contributed by atoms with Gasteiger partial charge in [-0.05, 0) is 37.1 Å². The Hall–Kier alpha value is -2.03. The molecule has 1 aromatic heterocycles. The molecule has 1 saturated heterocycles. The van der Waals surface area contributed by atoms with Gasteiger partial charge >= 0.3 is 0 Å². The van der Waals surface area contributed by atoms with E-state index < -0.39 is 0 Å². The second-order valence-electron chi connectivity index (χ2n) is 6.44. The molecule has 2 heterocycles. The molecule has 0 saturated carbocycles. The van der Waals surface area contributed by atoms with Gasteiger partial charge in [-0.2, -0.15) is 4.98 Å². The van der Waals surface area contributed by atoms with Gasteiger partial charge in [0.2, 0.25) is 17.6 Å². The van der Waals surface area contributed by atoms with Crippen molar-refractivity contribution in [1.29, 1.82) is 0 Å². The van der Waals surface area contributed by atoms with Crippen molar-refractivity contribution in [2.75, 3.05) is 26.7 Å². The van der Waals surface area contributed by atoms with Crippen LogP contribution in [0, 0.1) is 5.82 Å². The number of hydrogen-bond acceptors (Lipinski definition) is 6. The van der Waals surface area contributed by atoms with E-state index in [1.54, 1.807) is 24.1 Å². The summed E-state index contributed by atoms with van der Waals surface area (Å²) in [5.41, 5.74) is 6.29. The van der Waals surface area contributed by atoms with Gasteiger partial charge < -0.3 is 19.9 Å². The molecule has 9 heteroatoms. The van der Waals surface area contributed by atoms with Crippen LogP contribution in [0.2, 0.25) is 0 Å². The number of rotatable bonds is 6. The van der Waals surface area contributed by atoms with Crippen LogP contribution in [0.1, 0.15) is 31.1 Å². The first-order valence-corrected chi connectivity index (χ1v) is 8.71. The van der Waals surface area contributed by atoms with Crippen LogP contribution in [0.4, 0.5) is 4.39 Å². The van der Waals surface area contributed by atoms with E-state index >= 15 is 0 Å². The molecule has 2 aromatic rings. The highest BCUT2D eigenvalue weighted by Gasteiger charge is 2.29. The lowest BCUT2D eigenvalue weighted by molar-refractivity contribution is -0.135. The standard InChI is InChI=1S/C18H23FN4O3.ClH/c1-25-15(10-20)9-16(24)23-8-2-3-13(11-23)18-21-17(22-26-18)12-4-6-14(19)7-5-12;/h4-7,13,15H,2-3,8-11,20H2,1H3;1H. The normalized spacial score (nSPS) is 18.0. The van der Waals surface area contributed by atoms with E-state index in [4.69, 9.17) is 15.0 Å². The van der Waals surface area contributed by atoms with E-state index in [9.17, 15) is 9.18 Å². The summed E-state index contributed by atoms with van der Waals surface area (Å²) in [5, 5.41) is 3.99. The van der Waals surface area contributed by atoms with E-state index in [0.29, 0.717) is 36.9 Å². The van der Waals surface area contributed by atoms with E-state index in [0.717, 1.165) is 12.8 Å². The number of nitrogens with zero attached hydrogens (tertiary/aromatic N) is 3. The molecule has 1 amide bonds. The van der Waals surface area contributed by atoms with Gasteiger partial charge in [-0.1, -0.05) is 5.16 Å². The summed E-state index contributed by atoms with van der Waals surface area (Å²) in [4.78, 5) is 18.7. The van der Waals surface area contributed by atoms with E-state index in [-0.39, 0.29) is 42.6 Å². The van der Waals surface area contributed by atoms with Gasteiger partial charge in [0, 0.05) is 32.3 Å². The Bertz CT molecular complexity index is 736. The van der Waals surface area contributed by atoms with Crippen molar-refractivity contribution >= 4 is 18.3 Å². The van der Waals surface area contributed by atoms with Gasteiger partial charge in [-0.3, -0.25) is 4.79 Å². The lowest BCUT2D eigenvalue weighted by Crippen LogP contribution is -2.41. The molecule has 1 aliphatic heterocycles. The lowest BCUT2D eigenvalue weighted by atomic mass is 9.97. The molecule has 2 N–H and O–H groups in total. The average Bonchev–Trinajstić information content (AvgIpc) is 3.17. The van der Waals surface area contributed by atoms with Gasteiger partial charge in [0.1, 0.15) is 5.82 Å². The van der Waals surface area contributed by atoms with Crippen LogP contribution in [0.5, 0.6) is 0 Å². The number of carbonyl (C=O) groups excluding carboxylic acids is 1. The van der Waals surface area contributed by atoms with Crippen LogP contribution in [0.15, 0.2) is 28.8 Å². The van der Waals surface area contributed by atoms with E-state index in [1.165, 1.54) is 12.1 Å². The van der Waals surface area contributed by atoms with Gasteiger partial charge in [0.25, 0.3) is 0 Å². The van der Waals surface area contributed by atoms with Crippen LogP contribution in [-0.2, 0) is 9.53 Å². The zero-order valence-corrected chi connectivity index (χ0v) is 16.0. The minimum atomic E-state index is -0.314. The average molecular weight is 399 g/mol. The maximum Gasteiger partial charge on any atom is 0.231 e. The van der Waals surface area contributed by atoms with Gasteiger partial charge in [-0.25, -0.2) is 4.39 Å². The maximum atomic E-state index is 13.0. The molecular weight excluding hydrogens is 375 g/mol. The lowest BCUT2D eigenvalue weighted by Gasteiger charge is -2.31. The van der Waals surface area contributed by atoms with Crippen molar-refractivity contribution in [2.45, 2.75) is 31.3 Å². The zero-order valence-electron chi connectivity index (χ0n) is 15.1. The summed E-state index contributed by atoms with van der Waals surface area (Å²) in [6, 6.07) is 5.93. The number of hydrogen-bond donors (Lipinski definition) is 1. The first-order valence-electron chi connectivity index (χ1n) is 8.71. The van der Waals surface area contributed by atoms with Crippen molar-refractivity contribution in [3.8, 4) is 11.4 Å². The summed E-state index contributed by atoms with van der Waals surface area (Å²) >= 11 is 0. The Kier molecular flexibility index (Phi) is 7.70. The number of halogens is 2. The zero-order chi connectivity index (χ0) is 18.5. The Labute approximate surface area is 163 Å². The smallest absolute Gasteiger partial charge is 0.231 e. The summed E-state index contributed by atoms with van der Waals surface area (Å²) < 4.78 is 23.6. The molecule has 148 valence electrons. The summed E-state index contributed by atoms with van der Waals surface area (Å²) in [6.07, 6.45) is 1.74. The van der Waals surface area contributed by atoms with Crippen LogP contribution >= 0.6 is 12.4 Å². The number of methoxy groups -OCH3 is 1. The molecule has 1 aromatic carbocycles. The molecule has 2 atom stereocenters. The molecule has 0 bridgehead atoms. The highest BCUT2D eigenvalue weighted by molar-refractivity contribution is 5.85. The predicted molar refractivity (Wildman–Crippen MR) is 100.0 cm³/mol. The van der Waals surface area contributed by atoms with Crippen LogP contribution < -0.4 is 5.73 Å². The minimum absolute atomic E-state index is 0. The predicted octanol–water partition coefficient (Wildman–Crippen LogP) is 2.37. The third kappa shape index (κ3) is 5.24. The highest BCUT2D eigenvalue weighted by atomic mass is 35.5. The van der Waals surface area contributed by atoms with Crippen LogP contribution in [-0.4, -0.2) is 53.8 Å². The monoisotopic (exact) mass is 398 g/mol. The molecule has 27 heavy (non-hydrogen) atoms. The Morgan fingerprint density at radius 3 is 2.85 bits per heavy atom. The molecule has 1 aliphatic rings. The van der Waals surface area contributed by atoms with Crippen molar-refractivity contribution in [1.82, 2.24) is 15.0 Å². The van der Waals surface area contributed by atoms with Crippen molar-refractivity contribution in [3.05, 3.63) is 36.0 Å². The first kappa shape index (κ1) is 21.3. The quantitative estimate of drug-likeness (QED) is 0.802. The molecular formula is C18H24ClFN4O3. The second-order valence-corrected chi connectivity index (χ2v) is 6.44. The number of likely N-dealkylation sites (tertiary alicyclic amines) is 1. The minimum Gasteiger partial charge on any atom is -0.380 e. The molecule has 2 unspecified atom stereocenters. The summed E-state index contributed by atoms with van der Waals surface area (Å²) in [6.45, 7) is 1.55. The topological polar surface area (TPSA) is 94.5 Å². The highest BCUT2D eigenvalue weighted by Crippen LogP contribution is 2.28.